The van der Waals surface area contributed by atoms with Gasteiger partial charge >= 0.3 is 0 Å². The van der Waals surface area contributed by atoms with Crippen LogP contribution in [-0.2, 0) is 12.3 Å². The second-order valence-corrected chi connectivity index (χ2v) is 7.53. The van der Waals surface area contributed by atoms with Crippen molar-refractivity contribution in [2.24, 2.45) is 5.92 Å². The monoisotopic (exact) mass is 372 g/mol. The Balaban J connectivity index is 1.71. The number of aromatic nitrogens is 4. The summed E-state index contributed by atoms with van der Waals surface area (Å²) in [4.78, 5) is 4.68. The van der Waals surface area contributed by atoms with Gasteiger partial charge < -0.3 is 13.7 Å². The SMILES string of the molecule is COc1ccc(-c2nnc(CSc3nc(C)c(C)n3CC(C)C)o2)cc1. The number of hydrogen-bond acceptors (Lipinski definition) is 6. The molecule has 0 atom stereocenters. The number of hydrogen-bond donors (Lipinski definition) is 0. The Bertz CT molecular complexity index is 868. The lowest BCUT2D eigenvalue weighted by atomic mass is 10.2. The summed E-state index contributed by atoms with van der Waals surface area (Å²) < 4.78 is 13.2. The molecule has 0 fully saturated rings. The van der Waals surface area contributed by atoms with Crippen LogP contribution >= 0.6 is 11.8 Å². The summed E-state index contributed by atoms with van der Waals surface area (Å²) in [5, 5.41) is 9.31. The largest absolute Gasteiger partial charge is 0.497 e. The van der Waals surface area contributed by atoms with E-state index < -0.39 is 0 Å². The molecule has 3 rings (SSSR count). The molecule has 0 bridgehead atoms. The summed E-state index contributed by atoms with van der Waals surface area (Å²) in [5.41, 5.74) is 3.16. The van der Waals surface area contributed by atoms with E-state index in [1.807, 2.05) is 31.2 Å². The third-order valence-electron chi connectivity index (χ3n) is 4.10. The van der Waals surface area contributed by atoms with Crippen LogP contribution in [0, 0.1) is 19.8 Å². The Morgan fingerprint density at radius 1 is 1.15 bits per heavy atom. The van der Waals surface area contributed by atoms with Crippen molar-refractivity contribution in [3.8, 4) is 17.2 Å². The van der Waals surface area contributed by atoms with Crippen molar-refractivity contribution < 1.29 is 9.15 Å². The van der Waals surface area contributed by atoms with E-state index in [1.54, 1.807) is 18.9 Å². The first kappa shape index (κ1) is 18.5. The maximum absolute atomic E-state index is 5.80. The highest BCUT2D eigenvalue weighted by Gasteiger charge is 2.15. The lowest BCUT2D eigenvalue weighted by molar-refractivity contribution is 0.415. The molecule has 0 unspecified atom stereocenters. The van der Waals surface area contributed by atoms with Crippen molar-refractivity contribution in [2.75, 3.05) is 7.11 Å². The molecule has 2 aromatic heterocycles. The minimum Gasteiger partial charge on any atom is -0.497 e. The van der Waals surface area contributed by atoms with Gasteiger partial charge in [0, 0.05) is 17.8 Å². The van der Waals surface area contributed by atoms with Crippen LogP contribution in [0.25, 0.3) is 11.5 Å². The molecule has 1 aromatic carbocycles. The Morgan fingerprint density at radius 2 is 1.88 bits per heavy atom. The average molecular weight is 372 g/mol. The first-order valence-corrected chi connectivity index (χ1v) is 9.59. The van der Waals surface area contributed by atoms with Gasteiger partial charge in [0.2, 0.25) is 11.8 Å². The molecule has 0 amide bonds. The second-order valence-electron chi connectivity index (χ2n) is 6.59. The maximum Gasteiger partial charge on any atom is 0.247 e. The van der Waals surface area contributed by atoms with Crippen molar-refractivity contribution >= 4 is 11.8 Å². The number of thioether (sulfide) groups is 1. The van der Waals surface area contributed by atoms with Crippen molar-refractivity contribution in [3.63, 3.8) is 0 Å². The van der Waals surface area contributed by atoms with E-state index in [-0.39, 0.29) is 0 Å². The van der Waals surface area contributed by atoms with Gasteiger partial charge in [-0.2, -0.15) is 0 Å². The van der Waals surface area contributed by atoms with E-state index in [1.165, 1.54) is 5.69 Å². The van der Waals surface area contributed by atoms with E-state index in [0.29, 0.717) is 23.5 Å². The topological polar surface area (TPSA) is 66.0 Å². The normalized spacial score (nSPS) is 11.3. The molecule has 0 aliphatic heterocycles. The van der Waals surface area contributed by atoms with Gasteiger partial charge in [-0.25, -0.2) is 4.98 Å². The van der Waals surface area contributed by atoms with Crippen molar-refractivity contribution in [2.45, 2.75) is 45.1 Å². The fourth-order valence-electron chi connectivity index (χ4n) is 2.60. The van der Waals surface area contributed by atoms with Crippen LogP contribution in [0.15, 0.2) is 33.8 Å². The van der Waals surface area contributed by atoms with E-state index in [0.717, 1.165) is 28.7 Å². The zero-order chi connectivity index (χ0) is 18.7. The molecule has 0 aliphatic rings. The highest BCUT2D eigenvalue weighted by molar-refractivity contribution is 7.98. The molecule has 0 saturated carbocycles. The minimum atomic E-state index is 0.515. The smallest absolute Gasteiger partial charge is 0.247 e. The number of aryl methyl sites for hydroxylation is 1. The van der Waals surface area contributed by atoms with Gasteiger partial charge in [-0.1, -0.05) is 25.6 Å². The number of ether oxygens (including phenoxy) is 1. The summed E-state index contributed by atoms with van der Waals surface area (Å²) >= 11 is 1.63. The molecular weight excluding hydrogens is 348 g/mol. The van der Waals surface area contributed by atoms with E-state index in [9.17, 15) is 0 Å². The number of nitrogens with zero attached hydrogens (tertiary/aromatic N) is 4. The van der Waals surface area contributed by atoms with Gasteiger partial charge in [-0.05, 0) is 44.0 Å². The van der Waals surface area contributed by atoms with Crippen LogP contribution < -0.4 is 4.74 Å². The molecule has 0 aliphatic carbocycles. The van der Waals surface area contributed by atoms with Crippen LogP contribution in [0.1, 0.15) is 31.1 Å². The highest BCUT2D eigenvalue weighted by Crippen LogP contribution is 2.27. The molecule has 7 heteroatoms. The van der Waals surface area contributed by atoms with E-state index in [2.05, 4.69) is 40.5 Å². The quantitative estimate of drug-likeness (QED) is 0.569. The standard InChI is InChI=1S/C19H24N4O2S/c1-12(2)10-23-14(4)13(3)20-19(23)26-11-17-21-22-18(25-17)15-6-8-16(24-5)9-7-15/h6-9,12H,10-11H2,1-5H3. The average Bonchev–Trinajstić information content (AvgIpc) is 3.20. The van der Waals surface area contributed by atoms with Crippen LogP contribution in [-0.4, -0.2) is 26.9 Å². The van der Waals surface area contributed by atoms with Crippen molar-refractivity contribution in [1.82, 2.24) is 19.7 Å². The van der Waals surface area contributed by atoms with Crippen LogP contribution in [0.2, 0.25) is 0 Å². The fraction of sp³-hybridized carbons (Fsp3) is 0.421. The molecule has 3 aromatic rings. The lowest BCUT2D eigenvalue weighted by Gasteiger charge is -2.11. The molecule has 138 valence electrons. The number of imidazole rings is 1. The zero-order valence-electron chi connectivity index (χ0n) is 15.8. The van der Waals surface area contributed by atoms with Gasteiger partial charge in [-0.15, -0.1) is 10.2 Å². The molecule has 0 N–H and O–H groups in total. The first-order chi connectivity index (χ1) is 12.5. The van der Waals surface area contributed by atoms with Crippen molar-refractivity contribution in [1.29, 1.82) is 0 Å². The highest BCUT2D eigenvalue weighted by atomic mass is 32.2. The van der Waals surface area contributed by atoms with Gasteiger partial charge in [0.1, 0.15) is 5.75 Å². The molecular formula is C19H24N4O2S. The first-order valence-electron chi connectivity index (χ1n) is 8.61. The predicted octanol–water partition coefficient (Wildman–Crippen LogP) is 4.51. The van der Waals surface area contributed by atoms with E-state index >= 15 is 0 Å². The Hall–Kier alpha value is -2.28. The Kier molecular flexibility index (Phi) is 5.66. The second kappa shape index (κ2) is 7.95. The van der Waals surface area contributed by atoms with Gasteiger partial charge in [0.25, 0.3) is 0 Å². The summed E-state index contributed by atoms with van der Waals surface area (Å²) in [6, 6.07) is 7.57. The molecule has 0 radical (unpaired) electrons. The number of methoxy groups -OCH3 is 1. The molecule has 26 heavy (non-hydrogen) atoms. The summed E-state index contributed by atoms with van der Waals surface area (Å²) in [5.74, 6) is 3.06. The molecule has 0 saturated heterocycles. The zero-order valence-corrected chi connectivity index (χ0v) is 16.6. The molecule has 2 heterocycles. The number of rotatable bonds is 7. The van der Waals surface area contributed by atoms with Crippen molar-refractivity contribution in [3.05, 3.63) is 41.5 Å². The molecule has 6 nitrogen and oxygen atoms in total. The summed E-state index contributed by atoms with van der Waals surface area (Å²) in [7, 11) is 1.64. The van der Waals surface area contributed by atoms with E-state index in [4.69, 9.17) is 9.15 Å². The summed E-state index contributed by atoms with van der Waals surface area (Å²) in [6.07, 6.45) is 0. The van der Waals surface area contributed by atoms with Crippen LogP contribution in [0.5, 0.6) is 5.75 Å². The van der Waals surface area contributed by atoms with Gasteiger partial charge in [-0.3, -0.25) is 0 Å². The van der Waals surface area contributed by atoms with Gasteiger partial charge in [0.15, 0.2) is 5.16 Å². The third kappa shape index (κ3) is 4.09. The lowest BCUT2D eigenvalue weighted by Crippen LogP contribution is -2.07. The maximum atomic E-state index is 5.80. The minimum absolute atomic E-state index is 0.515. The summed E-state index contributed by atoms with van der Waals surface area (Å²) in [6.45, 7) is 9.54. The molecule has 0 spiro atoms. The van der Waals surface area contributed by atoms with Crippen LogP contribution in [0.4, 0.5) is 0 Å². The Labute approximate surface area is 158 Å². The van der Waals surface area contributed by atoms with Gasteiger partial charge in [0.05, 0.1) is 18.6 Å². The predicted molar refractivity (Wildman–Crippen MR) is 102 cm³/mol. The third-order valence-corrected chi connectivity index (χ3v) is 5.06. The van der Waals surface area contributed by atoms with Crippen LogP contribution in [0.3, 0.4) is 0 Å². The Morgan fingerprint density at radius 3 is 2.54 bits per heavy atom. The fourth-order valence-corrected chi connectivity index (χ4v) is 3.54. The number of benzene rings is 1.